The SMILES string of the molecule is C=CCN(CC=C)C(=O)CN1CC(CO)OC(C)(C)C1. The fourth-order valence-corrected chi connectivity index (χ4v) is 2.51. The van der Waals surface area contributed by atoms with E-state index in [1.54, 1.807) is 17.1 Å². The van der Waals surface area contributed by atoms with Gasteiger partial charge in [-0.25, -0.2) is 0 Å². The van der Waals surface area contributed by atoms with Crippen LogP contribution in [0, 0.1) is 0 Å². The molecule has 0 aromatic carbocycles. The lowest BCUT2D eigenvalue weighted by Crippen LogP contribution is -2.56. The number of hydrogen-bond donors (Lipinski definition) is 1. The van der Waals surface area contributed by atoms with Gasteiger partial charge in [0, 0.05) is 26.2 Å². The quantitative estimate of drug-likeness (QED) is 0.697. The van der Waals surface area contributed by atoms with Crippen LogP contribution in [0.1, 0.15) is 13.8 Å². The molecule has 1 N–H and O–H groups in total. The van der Waals surface area contributed by atoms with Crippen molar-refractivity contribution in [1.82, 2.24) is 9.80 Å². The standard InChI is InChI=1S/C15H26N2O3/c1-5-7-17(8-6-2)14(19)10-16-9-13(11-18)20-15(3,4)12-16/h5-6,13,18H,1-2,7-12H2,3-4H3. The summed E-state index contributed by atoms with van der Waals surface area (Å²) in [6, 6.07) is 0. The largest absolute Gasteiger partial charge is 0.394 e. The van der Waals surface area contributed by atoms with E-state index >= 15 is 0 Å². The highest BCUT2D eigenvalue weighted by molar-refractivity contribution is 5.78. The highest BCUT2D eigenvalue weighted by Crippen LogP contribution is 2.20. The third kappa shape index (κ3) is 5.07. The Labute approximate surface area is 121 Å². The maximum absolute atomic E-state index is 12.3. The molecule has 0 radical (unpaired) electrons. The Morgan fingerprint density at radius 1 is 1.45 bits per heavy atom. The molecule has 20 heavy (non-hydrogen) atoms. The van der Waals surface area contributed by atoms with E-state index in [0.29, 0.717) is 32.7 Å². The number of hydrogen-bond acceptors (Lipinski definition) is 4. The Morgan fingerprint density at radius 2 is 2.05 bits per heavy atom. The van der Waals surface area contributed by atoms with Crippen molar-refractivity contribution in [2.75, 3.05) is 39.3 Å². The number of amides is 1. The van der Waals surface area contributed by atoms with Gasteiger partial charge < -0.3 is 14.7 Å². The first-order chi connectivity index (χ1) is 9.41. The van der Waals surface area contributed by atoms with Gasteiger partial charge >= 0.3 is 0 Å². The highest BCUT2D eigenvalue weighted by Gasteiger charge is 2.34. The Balaban J connectivity index is 2.63. The lowest BCUT2D eigenvalue weighted by atomic mass is 10.1. The topological polar surface area (TPSA) is 53.0 Å². The second-order valence-electron chi connectivity index (χ2n) is 5.73. The molecule has 0 saturated carbocycles. The van der Waals surface area contributed by atoms with Crippen LogP contribution in [0.25, 0.3) is 0 Å². The van der Waals surface area contributed by atoms with Crippen molar-refractivity contribution in [1.29, 1.82) is 0 Å². The van der Waals surface area contributed by atoms with Crippen LogP contribution in [0.2, 0.25) is 0 Å². The molecule has 0 aliphatic carbocycles. The van der Waals surface area contributed by atoms with Crippen LogP contribution in [-0.2, 0) is 9.53 Å². The first kappa shape index (κ1) is 16.9. The van der Waals surface area contributed by atoms with E-state index in [-0.39, 0.29) is 24.2 Å². The molecule has 114 valence electrons. The van der Waals surface area contributed by atoms with Crippen molar-refractivity contribution in [2.24, 2.45) is 0 Å². The van der Waals surface area contributed by atoms with Gasteiger partial charge in [0.15, 0.2) is 0 Å². The number of ether oxygens (including phenoxy) is 1. The van der Waals surface area contributed by atoms with Crippen LogP contribution in [0.3, 0.4) is 0 Å². The van der Waals surface area contributed by atoms with Crippen LogP contribution < -0.4 is 0 Å². The molecule has 5 nitrogen and oxygen atoms in total. The van der Waals surface area contributed by atoms with Crippen LogP contribution in [0.5, 0.6) is 0 Å². The van der Waals surface area contributed by atoms with Crippen LogP contribution >= 0.6 is 0 Å². The lowest BCUT2D eigenvalue weighted by Gasteiger charge is -2.42. The van der Waals surface area contributed by atoms with Crippen molar-refractivity contribution in [3.63, 3.8) is 0 Å². The molecule has 1 aliphatic heterocycles. The summed E-state index contributed by atoms with van der Waals surface area (Å²) in [7, 11) is 0. The molecule has 0 aromatic heterocycles. The second-order valence-corrected chi connectivity index (χ2v) is 5.73. The average Bonchev–Trinajstić information content (AvgIpc) is 2.36. The zero-order valence-corrected chi connectivity index (χ0v) is 12.5. The van der Waals surface area contributed by atoms with Gasteiger partial charge in [0.05, 0.1) is 24.9 Å². The summed E-state index contributed by atoms with van der Waals surface area (Å²) in [5.74, 6) is 0.0409. The Morgan fingerprint density at radius 3 is 2.55 bits per heavy atom. The highest BCUT2D eigenvalue weighted by atomic mass is 16.5. The molecule has 5 heteroatoms. The van der Waals surface area contributed by atoms with E-state index in [1.165, 1.54) is 0 Å². The number of carbonyl (C=O) groups excluding carboxylic acids is 1. The van der Waals surface area contributed by atoms with Crippen molar-refractivity contribution in [3.05, 3.63) is 25.3 Å². The molecule has 1 amide bonds. The summed E-state index contributed by atoms with van der Waals surface area (Å²) in [6.45, 7) is 13.8. The predicted octanol–water partition coefficient (Wildman–Crippen LogP) is 0.659. The van der Waals surface area contributed by atoms with Crippen LogP contribution in [0.4, 0.5) is 0 Å². The first-order valence-electron chi connectivity index (χ1n) is 6.92. The molecule has 0 aromatic rings. The molecule has 0 spiro atoms. The Hall–Kier alpha value is -1.17. The number of nitrogens with zero attached hydrogens (tertiary/aromatic N) is 2. The van der Waals surface area contributed by atoms with Crippen molar-refractivity contribution >= 4 is 5.91 Å². The average molecular weight is 282 g/mol. The van der Waals surface area contributed by atoms with Gasteiger partial charge in [0.2, 0.25) is 5.91 Å². The molecule has 1 aliphatic rings. The summed E-state index contributed by atoms with van der Waals surface area (Å²) in [4.78, 5) is 16.0. The number of carbonyl (C=O) groups is 1. The van der Waals surface area contributed by atoms with Crippen LogP contribution in [-0.4, -0.2) is 71.8 Å². The van der Waals surface area contributed by atoms with E-state index in [0.717, 1.165) is 0 Å². The minimum absolute atomic E-state index is 0.0306. The summed E-state index contributed by atoms with van der Waals surface area (Å²) >= 11 is 0. The van der Waals surface area contributed by atoms with Crippen LogP contribution in [0.15, 0.2) is 25.3 Å². The van der Waals surface area contributed by atoms with E-state index in [2.05, 4.69) is 13.2 Å². The molecule has 1 rings (SSSR count). The molecule has 1 heterocycles. The number of aliphatic hydroxyl groups excluding tert-OH is 1. The minimum Gasteiger partial charge on any atom is -0.394 e. The molecular weight excluding hydrogens is 256 g/mol. The predicted molar refractivity (Wildman–Crippen MR) is 79.5 cm³/mol. The molecule has 1 atom stereocenters. The van der Waals surface area contributed by atoms with Gasteiger partial charge in [-0.2, -0.15) is 0 Å². The van der Waals surface area contributed by atoms with Gasteiger partial charge in [0.25, 0.3) is 0 Å². The normalized spacial score (nSPS) is 22.2. The van der Waals surface area contributed by atoms with E-state index < -0.39 is 0 Å². The number of aliphatic hydroxyl groups is 1. The van der Waals surface area contributed by atoms with Crippen molar-refractivity contribution in [2.45, 2.75) is 25.6 Å². The summed E-state index contributed by atoms with van der Waals surface area (Å²) < 4.78 is 5.74. The third-order valence-electron chi connectivity index (χ3n) is 3.17. The molecule has 1 saturated heterocycles. The third-order valence-corrected chi connectivity index (χ3v) is 3.17. The molecule has 0 bridgehead atoms. The van der Waals surface area contributed by atoms with Gasteiger partial charge in [-0.3, -0.25) is 9.69 Å². The van der Waals surface area contributed by atoms with E-state index in [1.807, 2.05) is 18.7 Å². The summed E-state index contributed by atoms with van der Waals surface area (Å²) in [5, 5.41) is 9.28. The molecular formula is C15H26N2O3. The fraction of sp³-hybridized carbons (Fsp3) is 0.667. The first-order valence-corrected chi connectivity index (χ1v) is 6.92. The minimum atomic E-state index is -0.354. The van der Waals surface area contributed by atoms with E-state index in [9.17, 15) is 9.90 Å². The summed E-state index contributed by atoms with van der Waals surface area (Å²) in [5.41, 5.74) is -0.354. The summed E-state index contributed by atoms with van der Waals surface area (Å²) in [6.07, 6.45) is 3.18. The monoisotopic (exact) mass is 282 g/mol. The smallest absolute Gasteiger partial charge is 0.237 e. The Kier molecular flexibility index (Phi) is 6.39. The second kappa shape index (κ2) is 7.57. The maximum atomic E-state index is 12.3. The van der Waals surface area contributed by atoms with Crippen molar-refractivity contribution < 1.29 is 14.6 Å². The zero-order chi connectivity index (χ0) is 15.2. The van der Waals surface area contributed by atoms with Gasteiger partial charge in [-0.05, 0) is 13.8 Å². The van der Waals surface area contributed by atoms with Gasteiger partial charge in [-0.15, -0.1) is 13.2 Å². The fourth-order valence-electron chi connectivity index (χ4n) is 2.51. The zero-order valence-electron chi connectivity index (χ0n) is 12.5. The van der Waals surface area contributed by atoms with E-state index in [4.69, 9.17) is 4.74 Å². The maximum Gasteiger partial charge on any atom is 0.237 e. The van der Waals surface area contributed by atoms with Gasteiger partial charge in [-0.1, -0.05) is 12.2 Å². The number of morpholine rings is 1. The molecule has 1 unspecified atom stereocenters. The lowest BCUT2D eigenvalue weighted by molar-refractivity contribution is -0.156. The van der Waals surface area contributed by atoms with Gasteiger partial charge in [0.1, 0.15) is 0 Å². The Bertz CT molecular complexity index is 345. The molecule has 1 fully saturated rings. The van der Waals surface area contributed by atoms with Crippen molar-refractivity contribution in [3.8, 4) is 0 Å². The number of rotatable bonds is 7.